The van der Waals surface area contributed by atoms with Crippen molar-refractivity contribution < 1.29 is 14.4 Å². The smallest absolute Gasteiger partial charge is 0.234 e. The number of nitrogens with one attached hydrogen (secondary N) is 2. The Labute approximate surface area is 239 Å². The van der Waals surface area contributed by atoms with E-state index in [4.69, 9.17) is 23.2 Å². The van der Waals surface area contributed by atoms with E-state index in [1.807, 2.05) is 30.3 Å². The van der Waals surface area contributed by atoms with Crippen LogP contribution in [-0.4, -0.2) is 29.1 Å². The SMILES string of the molecule is O=C(CSc1ccc(Cl)cc1)Nc1ccc(C(=O)c2ccccc2)cc1NC(=O)CSc1ccc(Cl)cc1. The lowest BCUT2D eigenvalue weighted by Crippen LogP contribution is -2.19. The molecule has 38 heavy (non-hydrogen) atoms. The van der Waals surface area contributed by atoms with E-state index in [0.717, 1.165) is 9.79 Å². The highest BCUT2D eigenvalue weighted by Crippen LogP contribution is 2.27. The van der Waals surface area contributed by atoms with Crippen LogP contribution in [0.25, 0.3) is 0 Å². The minimum atomic E-state index is -0.278. The zero-order valence-corrected chi connectivity index (χ0v) is 23.1. The fourth-order valence-electron chi connectivity index (χ4n) is 3.39. The predicted molar refractivity (Wildman–Crippen MR) is 158 cm³/mol. The van der Waals surface area contributed by atoms with Crippen molar-refractivity contribution in [1.29, 1.82) is 0 Å². The van der Waals surface area contributed by atoms with Crippen LogP contribution in [0.15, 0.2) is 107 Å². The van der Waals surface area contributed by atoms with Crippen molar-refractivity contribution in [3.8, 4) is 0 Å². The maximum atomic E-state index is 13.0. The molecule has 0 aromatic heterocycles. The quantitative estimate of drug-likeness (QED) is 0.148. The second-order valence-electron chi connectivity index (χ2n) is 8.04. The molecule has 0 saturated carbocycles. The average Bonchev–Trinajstić information content (AvgIpc) is 2.93. The number of hydrogen-bond donors (Lipinski definition) is 2. The van der Waals surface area contributed by atoms with Gasteiger partial charge in [0.1, 0.15) is 0 Å². The van der Waals surface area contributed by atoms with E-state index in [0.29, 0.717) is 32.5 Å². The van der Waals surface area contributed by atoms with Crippen molar-refractivity contribution in [3.05, 3.63) is 118 Å². The van der Waals surface area contributed by atoms with Gasteiger partial charge in [0.2, 0.25) is 11.8 Å². The van der Waals surface area contributed by atoms with Crippen molar-refractivity contribution >= 4 is 75.7 Å². The molecule has 0 aliphatic rings. The Balaban J connectivity index is 1.48. The molecular weight excluding hydrogens is 559 g/mol. The third-order valence-corrected chi connectivity index (χ3v) is 7.76. The summed E-state index contributed by atoms with van der Waals surface area (Å²) >= 11 is 14.6. The Kier molecular flexibility index (Phi) is 9.90. The minimum absolute atomic E-state index is 0.137. The summed E-state index contributed by atoms with van der Waals surface area (Å²) in [4.78, 5) is 40.3. The molecule has 4 aromatic carbocycles. The number of anilines is 2. The van der Waals surface area contributed by atoms with Crippen LogP contribution < -0.4 is 10.6 Å². The van der Waals surface area contributed by atoms with Crippen LogP contribution in [-0.2, 0) is 9.59 Å². The first-order valence-electron chi connectivity index (χ1n) is 11.5. The molecule has 5 nitrogen and oxygen atoms in total. The molecule has 0 fully saturated rings. The summed E-state index contributed by atoms with van der Waals surface area (Å²) in [5.74, 6) is -0.420. The van der Waals surface area contributed by atoms with Gasteiger partial charge in [-0.05, 0) is 66.7 Å². The van der Waals surface area contributed by atoms with E-state index in [1.165, 1.54) is 23.5 Å². The summed E-state index contributed by atoms with van der Waals surface area (Å²) < 4.78 is 0. The van der Waals surface area contributed by atoms with Gasteiger partial charge in [-0.15, -0.1) is 23.5 Å². The normalized spacial score (nSPS) is 10.6. The summed E-state index contributed by atoms with van der Waals surface area (Å²) in [5, 5.41) is 6.94. The number of rotatable bonds is 10. The van der Waals surface area contributed by atoms with Crippen molar-refractivity contribution in [3.63, 3.8) is 0 Å². The van der Waals surface area contributed by atoms with Crippen LogP contribution in [0.1, 0.15) is 15.9 Å². The molecule has 9 heteroatoms. The number of halogens is 2. The molecule has 2 amide bonds. The van der Waals surface area contributed by atoms with Crippen molar-refractivity contribution in [2.75, 3.05) is 22.1 Å². The Morgan fingerprint density at radius 2 is 1.08 bits per heavy atom. The van der Waals surface area contributed by atoms with Gasteiger partial charge in [0, 0.05) is 31.0 Å². The molecule has 2 N–H and O–H groups in total. The van der Waals surface area contributed by atoms with E-state index in [2.05, 4.69) is 10.6 Å². The summed E-state index contributed by atoms with van der Waals surface area (Å²) in [6.07, 6.45) is 0. The van der Waals surface area contributed by atoms with Gasteiger partial charge in [-0.2, -0.15) is 0 Å². The Morgan fingerprint density at radius 3 is 1.61 bits per heavy atom. The van der Waals surface area contributed by atoms with Gasteiger partial charge in [0.15, 0.2) is 5.78 Å². The number of ketones is 1. The molecule has 0 unspecified atom stereocenters. The van der Waals surface area contributed by atoms with Gasteiger partial charge in [-0.1, -0.05) is 53.5 Å². The Bertz CT molecular complexity index is 1430. The fourth-order valence-corrected chi connectivity index (χ4v) is 5.03. The first-order valence-corrected chi connectivity index (χ1v) is 14.2. The largest absolute Gasteiger partial charge is 0.324 e. The van der Waals surface area contributed by atoms with E-state index in [9.17, 15) is 14.4 Å². The van der Waals surface area contributed by atoms with Crippen molar-refractivity contribution in [1.82, 2.24) is 0 Å². The first-order chi connectivity index (χ1) is 18.4. The monoisotopic (exact) mass is 580 g/mol. The van der Waals surface area contributed by atoms with Crippen LogP contribution in [0.3, 0.4) is 0 Å². The molecule has 0 aliphatic carbocycles. The Morgan fingerprint density at radius 1 is 0.579 bits per heavy atom. The second kappa shape index (κ2) is 13.5. The lowest BCUT2D eigenvalue weighted by molar-refractivity contribution is -0.114. The molecule has 0 atom stereocenters. The van der Waals surface area contributed by atoms with Gasteiger partial charge in [0.25, 0.3) is 0 Å². The number of thioether (sulfide) groups is 2. The molecule has 0 radical (unpaired) electrons. The number of benzene rings is 4. The molecule has 0 spiro atoms. The summed E-state index contributed by atoms with van der Waals surface area (Å²) in [6, 6.07) is 28.1. The highest BCUT2D eigenvalue weighted by atomic mass is 35.5. The van der Waals surface area contributed by atoms with Gasteiger partial charge in [-0.3, -0.25) is 14.4 Å². The second-order valence-corrected chi connectivity index (χ2v) is 11.0. The van der Waals surface area contributed by atoms with E-state index < -0.39 is 0 Å². The topological polar surface area (TPSA) is 75.3 Å². The van der Waals surface area contributed by atoms with Gasteiger partial charge < -0.3 is 10.6 Å². The zero-order chi connectivity index (χ0) is 26.9. The zero-order valence-electron chi connectivity index (χ0n) is 19.9. The molecular formula is C29H22Cl2N2O3S2. The molecule has 192 valence electrons. The molecule has 0 heterocycles. The first kappa shape index (κ1) is 27.8. The van der Waals surface area contributed by atoms with E-state index in [1.54, 1.807) is 66.7 Å². The van der Waals surface area contributed by atoms with Crippen molar-refractivity contribution in [2.24, 2.45) is 0 Å². The highest BCUT2D eigenvalue weighted by Gasteiger charge is 2.16. The van der Waals surface area contributed by atoms with Crippen molar-refractivity contribution in [2.45, 2.75) is 9.79 Å². The predicted octanol–water partition coefficient (Wildman–Crippen LogP) is 7.69. The van der Waals surface area contributed by atoms with Gasteiger partial charge >= 0.3 is 0 Å². The lowest BCUT2D eigenvalue weighted by atomic mass is 10.0. The fraction of sp³-hybridized carbons (Fsp3) is 0.0690. The molecule has 4 aromatic rings. The van der Waals surface area contributed by atoms with E-state index in [-0.39, 0.29) is 29.1 Å². The van der Waals surface area contributed by atoms with Gasteiger partial charge in [-0.25, -0.2) is 0 Å². The highest BCUT2D eigenvalue weighted by molar-refractivity contribution is 8.00. The number of hydrogen-bond acceptors (Lipinski definition) is 5. The van der Waals surface area contributed by atoms with Crippen LogP contribution >= 0.6 is 46.7 Å². The molecule has 0 saturated heterocycles. The Hall–Kier alpha value is -3.23. The number of carbonyl (C=O) groups is 3. The minimum Gasteiger partial charge on any atom is -0.324 e. The molecule has 0 aliphatic heterocycles. The number of amides is 2. The summed E-state index contributed by atoms with van der Waals surface area (Å²) in [7, 11) is 0. The summed E-state index contributed by atoms with van der Waals surface area (Å²) in [6.45, 7) is 0. The van der Waals surface area contributed by atoms with E-state index >= 15 is 0 Å². The lowest BCUT2D eigenvalue weighted by Gasteiger charge is -2.14. The number of carbonyl (C=O) groups excluding carboxylic acids is 3. The van der Waals surface area contributed by atoms with Crippen LogP contribution in [0.5, 0.6) is 0 Å². The van der Waals surface area contributed by atoms with Crippen LogP contribution in [0.2, 0.25) is 10.0 Å². The third-order valence-electron chi connectivity index (χ3n) is 5.23. The maximum absolute atomic E-state index is 13.0. The third kappa shape index (κ3) is 8.13. The molecule has 4 rings (SSSR count). The van der Waals surface area contributed by atoms with Crippen LogP contribution in [0, 0.1) is 0 Å². The summed E-state index contributed by atoms with van der Waals surface area (Å²) in [5.41, 5.74) is 1.67. The standard InChI is InChI=1S/C29H22Cl2N2O3S2/c30-21-7-11-23(12-8-21)37-17-27(34)32-25-15-6-20(29(36)19-4-2-1-3-5-19)16-26(25)33-28(35)18-38-24-13-9-22(31)10-14-24/h1-16H,17-18H2,(H,32,34)(H,33,35). The van der Waals surface area contributed by atoms with Gasteiger partial charge in [0.05, 0.1) is 22.9 Å². The van der Waals surface area contributed by atoms with Crippen LogP contribution in [0.4, 0.5) is 11.4 Å². The maximum Gasteiger partial charge on any atom is 0.234 e. The molecule has 0 bridgehead atoms. The average molecular weight is 582 g/mol.